The van der Waals surface area contributed by atoms with E-state index >= 15 is 0 Å². The minimum atomic E-state index is -0.629. The van der Waals surface area contributed by atoms with Gasteiger partial charge in [-0.05, 0) is 36.6 Å². The van der Waals surface area contributed by atoms with Gasteiger partial charge in [-0.2, -0.15) is 0 Å². The van der Waals surface area contributed by atoms with Gasteiger partial charge in [0, 0.05) is 30.7 Å². The Labute approximate surface area is 159 Å². The van der Waals surface area contributed by atoms with Crippen molar-refractivity contribution in [3.8, 4) is 0 Å². The Balaban J connectivity index is 2.32. The lowest BCUT2D eigenvalue weighted by atomic mass is 10.1. The Bertz CT molecular complexity index is 886. The summed E-state index contributed by atoms with van der Waals surface area (Å²) in [7, 11) is 3.21. The van der Waals surface area contributed by atoms with Crippen LogP contribution in [0.15, 0.2) is 41.3 Å². The first-order valence-electron chi connectivity index (χ1n) is 7.39. The molecule has 0 fully saturated rings. The zero-order valence-electron chi connectivity index (χ0n) is 14.3. The predicted octanol–water partition coefficient (Wildman–Crippen LogP) is 3.92. The maximum atomic E-state index is 12.5. The maximum absolute atomic E-state index is 12.5. The Morgan fingerprint density at radius 1 is 1.15 bits per heavy atom. The van der Waals surface area contributed by atoms with E-state index in [0.29, 0.717) is 11.3 Å². The molecule has 2 aromatic rings. The number of halogens is 1. The molecule has 2 aromatic carbocycles. The standard InChI is InChI=1S/C17H16ClN3O4S/c1-20(2)17(23)12-6-4-10(8-14(12)18)19-16(22)13-9-11(26-3)5-7-15(13)21(24)25/h4-9H,1-3H3,(H,19,22). The summed E-state index contributed by atoms with van der Waals surface area (Å²) in [6.45, 7) is 0. The molecule has 7 nitrogen and oxygen atoms in total. The van der Waals surface area contributed by atoms with E-state index in [9.17, 15) is 19.7 Å². The number of nitrogens with zero attached hydrogens (tertiary/aromatic N) is 2. The van der Waals surface area contributed by atoms with Gasteiger partial charge < -0.3 is 10.2 Å². The first-order valence-corrected chi connectivity index (χ1v) is 9.00. The molecule has 0 aliphatic heterocycles. The Morgan fingerprint density at radius 2 is 1.85 bits per heavy atom. The highest BCUT2D eigenvalue weighted by atomic mass is 35.5. The number of rotatable bonds is 5. The first-order chi connectivity index (χ1) is 12.2. The van der Waals surface area contributed by atoms with Crippen LogP contribution in [-0.2, 0) is 0 Å². The van der Waals surface area contributed by atoms with Crippen molar-refractivity contribution in [2.45, 2.75) is 4.90 Å². The molecule has 2 rings (SSSR count). The van der Waals surface area contributed by atoms with Crippen LogP contribution in [0.3, 0.4) is 0 Å². The van der Waals surface area contributed by atoms with E-state index in [2.05, 4.69) is 5.32 Å². The molecule has 0 aromatic heterocycles. The summed E-state index contributed by atoms with van der Waals surface area (Å²) in [4.78, 5) is 37.2. The second-order valence-electron chi connectivity index (χ2n) is 5.49. The Hall–Kier alpha value is -2.58. The number of amides is 2. The van der Waals surface area contributed by atoms with Gasteiger partial charge in [0.05, 0.1) is 15.5 Å². The van der Waals surface area contributed by atoms with Crippen molar-refractivity contribution in [3.63, 3.8) is 0 Å². The third-order valence-corrected chi connectivity index (χ3v) is 4.55. The molecule has 0 saturated heterocycles. The van der Waals surface area contributed by atoms with Crippen molar-refractivity contribution in [1.29, 1.82) is 0 Å². The van der Waals surface area contributed by atoms with E-state index in [1.54, 1.807) is 20.2 Å². The molecule has 0 spiro atoms. The number of carbonyl (C=O) groups excluding carboxylic acids is 2. The van der Waals surface area contributed by atoms with Crippen LogP contribution in [0.2, 0.25) is 5.02 Å². The summed E-state index contributed by atoms with van der Waals surface area (Å²) in [6, 6.07) is 8.78. The smallest absolute Gasteiger partial charge is 0.282 e. The minimum absolute atomic E-state index is 0.0496. The predicted molar refractivity (Wildman–Crippen MR) is 102 cm³/mol. The van der Waals surface area contributed by atoms with Gasteiger partial charge in [0.15, 0.2) is 0 Å². The van der Waals surface area contributed by atoms with Crippen LogP contribution in [-0.4, -0.2) is 42.0 Å². The molecule has 0 aliphatic carbocycles. The van der Waals surface area contributed by atoms with Gasteiger partial charge in [-0.1, -0.05) is 11.6 Å². The molecule has 0 atom stereocenters. The number of nitrogens with one attached hydrogen (secondary N) is 1. The molecule has 0 heterocycles. The van der Waals surface area contributed by atoms with Gasteiger partial charge in [0.25, 0.3) is 17.5 Å². The summed E-state index contributed by atoms with van der Waals surface area (Å²) in [6.07, 6.45) is 1.81. The number of anilines is 1. The highest BCUT2D eigenvalue weighted by Crippen LogP contribution is 2.27. The first kappa shape index (κ1) is 19.7. The van der Waals surface area contributed by atoms with Crippen molar-refractivity contribution < 1.29 is 14.5 Å². The molecule has 136 valence electrons. The number of hydrogen-bond acceptors (Lipinski definition) is 5. The minimum Gasteiger partial charge on any atom is -0.345 e. The number of nitro groups is 1. The lowest BCUT2D eigenvalue weighted by molar-refractivity contribution is -0.385. The fourth-order valence-electron chi connectivity index (χ4n) is 2.19. The number of hydrogen-bond donors (Lipinski definition) is 1. The van der Waals surface area contributed by atoms with Crippen LogP contribution in [0.25, 0.3) is 0 Å². The molecule has 1 N–H and O–H groups in total. The van der Waals surface area contributed by atoms with Crippen LogP contribution in [0.5, 0.6) is 0 Å². The maximum Gasteiger partial charge on any atom is 0.282 e. The molecule has 0 aliphatic rings. The largest absolute Gasteiger partial charge is 0.345 e. The van der Waals surface area contributed by atoms with E-state index in [-0.39, 0.29) is 22.2 Å². The van der Waals surface area contributed by atoms with Crippen LogP contribution < -0.4 is 5.32 Å². The molecule has 2 amide bonds. The van der Waals surface area contributed by atoms with Crippen LogP contribution >= 0.6 is 23.4 Å². The molecular formula is C17H16ClN3O4S. The highest BCUT2D eigenvalue weighted by Gasteiger charge is 2.21. The summed E-state index contributed by atoms with van der Waals surface area (Å²) < 4.78 is 0. The van der Waals surface area contributed by atoms with Gasteiger partial charge in [-0.15, -0.1) is 11.8 Å². The summed E-state index contributed by atoms with van der Waals surface area (Å²) in [5.41, 5.74) is 0.293. The van der Waals surface area contributed by atoms with Crippen LogP contribution in [0.4, 0.5) is 11.4 Å². The Kier molecular flexibility index (Phi) is 6.23. The topological polar surface area (TPSA) is 92.5 Å². The number of thioether (sulfide) groups is 1. The summed E-state index contributed by atoms with van der Waals surface area (Å²) in [5.74, 6) is -0.897. The average Bonchev–Trinajstić information content (AvgIpc) is 2.60. The fraction of sp³-hybridized carbons (Fsp3) is 0.176. The van der Waals surface area contributed by atoms with Crippen molar-refractivity contribution in [3.05, 3.63) is 62.7 Å². The van der Waals surface area contributed by atoms with Gasteiger partial charge in [-0.25, -0.2) is 0 Å². The van der Waals surface area contributed by atoms with E-state index in [4.69, 9.17) is 11.6 Å². The zero-order chi connectivity index (χ0) is 19.4. The van der Waals surface area contributed by atoms with Crippen molar-refractivity contribution in [2.75, 3.05) is 25.7 Å². The molecule has 0 radical (unpaired) electrons. The third kappa shape index (κ3) is 4.33. The van der Waals surface area contributed by atoms with Gasteiger partial charge in [0.1, 0.15) is 5.56 Å². The van der Waals surface area contributed by atoms with Crippen LogP contribution in [0, 0.1) is 10.1 Å². The quantitative estimate of drug-likeness (QED) is 0.472. The second-order valence-corrected chi connectivity index (χ2v) is 6.78. The summed E-state index contributed by atoms with van der Waals surface area (Å²) >= 11 is 7.49. The van der Waals surface area contributed by atoms with E-state index in [1.165, 1.54) is 47.0 Å². The molecule has 9 heteroatoms. The SMILES string of the molecule is CSc1ccc([N+](=O)[O-])c(C(=O)Nc2ccc(C(=O)N(C)C)c(Cl)c2)c1. The lowest BCUT2D eigenvalue weighted by Gasteiger charge is -2.13. The van der Waals surface area contributed by atoms with Crippen molar-refractivity contribution >= 4 is 46.6 Å². The number of nitro benzene ring substituents is 1. The second kappa shape index (κ2) is 8.20. The zero-order valence-corrected chi connectivity index (χ0v) is 15.9. The van der Waals surface area contributed by atoms with Gasteiger partial charge in [-0.3, -0.25) is 19.7 Å². The third-order valence-electron chi connectivity index (χ3n) is 3.51. The lowest BCUT2D eigenvalue weighted by Crippen LogP contribution is -2.22. The van der Waals surface area contributed by atoms with E-state index in [0.717, 1.165) is 4.90 Å². The fourth-order valence-corrected chi connectivity index (χ4v) is 2.89. The summed E-state index contributed by atoms with van der Waals surface area (Å²) in [5, 5.41) is 13.9. The van der Waals surface area contributed by atoms with Crippen LogP contribution in [0.1, 0.15) is 20.7 Å². The molecule has 26 heavy (non-hydrogen) atoms. The monoisotopic (exact) mass is 393 g/mol. The molecule has 0 unspecified atom stereocenters. The van der Waals surface area contributed by atoms with E-state index < -0.39 is 10.8 Å². The van der Waals surface area contributed by atoms with E-state index in [1.807, 2.05) is 6.26 Å². The number of carbonyl (C=O) groups is 2. The number of benzene rings is 2. The Morgan fingerprint density at radius 3 is 2.38 bits per heavy atom. The molecular weight excluding hydrogens is 378 g/mol. The molecule has 0 saturated carbocycles. The average molecular weight is 394 g/mol. The van der Waals surface area contributed by atoms with Gasteiger partial charge >= 0.3 is 0 Å². The normalized spacial score (nSPS) is 10.3. The van der Waals surface area contributed by atoms with Crippen molar-refractivity contribution in [2.24, 2.45) is 0 Å². The van der Waals surface area contributed by atoms with Gasteiger partial charge in [0.2, 0.25) is 0 Å². The molecule has 0 bridgehead atoms. The highest BCUT2D eigenvalue weighted by molar-refractivity contribution is 7.98. The van der Waals surface area contributed by atoms with Crippen molar-refractivity contribution in [1.82, 2.24) is 4.90 Å².